The van der Waals surface area contributed by atoms with Crippen molar-refractivity contribution < 1.29 is 12.8 Å². The van der Waals surface area contributed by atoms with Gasteiger partial charge < -0.3 is 10.6 Å². The summed E-state index contributed by atoms with van der Waals surface area (Å²) < 4.78 is 40.0. The molecule has 1 atom stereocenters. The Morgan fingerprint density at radius 2 is 2.04 bits per heavy atom. The van der Waals surface area contributed by atoms with Crippen LogP contribution in [0.5, 0.6) is 0 Å². The first-order valence-corrected chi connectivity index (χ1v) is 9.74. The molecule has 0 aromatic heterocycles. The third-order valence-electron chi connectivity index (χ3n) is 3.41. The van der Waals surface area contributed by atoms with E-state index in [2.05, 4.69) is 27.3 Å². The Labute approximate surface area is 144 Å². The van der Waals surface area contributed by atoms with Crippen LogP contribution in [-0.2, 0) is 10.0 Å². The van der Waals surface area contributed by atoms with Crippen LogP contribution >= 0.6 is 0 Å². The highest BCUT2D eigenvalue weighted by molar-refractivity contribution is 7.92. The summed E-state index contributed by atoms with van der Waals surface area (Å²) in [7, 11) is -3.59. The Morgan fingerprint density at radius 1 is 1.33 bits per heavy atom. The van der Waals surface area contributed by atoms with Gasteiger partial charge in [-0.3, -0.25) is 9.71 Å². The molecular formula is C16H27FN4O2S. The minimum absolute atomic E-state index is 0.107. The first-order chi connectivity index (χ1) is 11.3. The van der Waals surface area contributed by atoms with E-state index >= 15 is 0 Å². The molecule has 8 heteroatoms. The van der Waals surface area contributed by atoms with Crippen molar-refractivity contribution in [1.29, 1.82) is 0 Å². The van der Waals surface area contributed by atoms with E-state index in [9.17, 15) is 12.8 Å². The van der Waals surface area contributed by atoms with Crippen LogP contribution in [0.15, 0.2) is 23.2 Å². The zero-order valence-corrected chi connectivity index (χ0v) is 15.5. The lowest BCUT2D eigenvalue weighted by atomic mass is 10.2. The monoisotopic (exact) mass is 358 g/mol. The predicted molar refractivity (Wildman–Crippen MR) is 97.4 cm³/mol. The molecule has 0 aliphatic carbocycles. The number of benzene rings is 1. The first-order valence-electron chi connectivity index (χ1n) is 8.09. The zero-order valence-electron chi connectivity index (χ0n) is 14.7. The van der Waals surface area contributed by atoms with Crippen LogP contribution < -0.4 is 15.4 Å². The van der Waals surface area contributed by atoms with Gasteiger partial charge in [-0.2, -0.15) is 0 Å². The number of anilines is 1. The molecule has 0 saturated heterocycles. The van der Waals surface area contributed by atoms with Crippen molar-refractivity contribution in [2.45, 2.75) is 40.2 Å². The molecular weight excluding hydrogens is 331 g/mol. The lowest BCUT2D eigenvalue weighted by Crippen LogP contribution is -2.42. The third-order valence-corrected chi connectivity index (χ3v) is 4.68. The van der Waals surface area contributed by atoms with Gasteiger partial charge in [-0.15, -0.1) is 0 Å². The molecule has 0 spiro atoms. The number of nitrogens with one attached hydrogen (secondary N) is 3. The maximum Gasteiger partial charge on any atom is 0.234 e. The van der Waals surface area contributed by atoms with E-state index in [1.165, 1.54) is 18.2 Å². The van der Waals surface area contributed by atoms with E-state index in [1.54, 1.807) is 6.92 Å². The summed E-state index contributed by atoms with van der Waals surface area (Å²) in [6.07, 6.45) is 0.934. The predicted octanol–water partition coefficient (Wildman–Crippen LogP) is 2.23. The van der Waals surface area contributed by atoms with Gasteiger partial charge in [0.25, 0.3) is 0 Å². The molecule has 24 heavy (non-hydrogen) atoms. The highest BCUT2D eigenvalue weighted by Crippen LogP contribution is 2.14. The average Bonchev–Trinajstić information content (AvgIpc) is 2.50. The highest BCUT2D eigenvalue weighted by atomic mass is 32.2. The maximum atomic E-state index is 13.5. The van der Waals surface area contributed by atoms with Crippen LogP contribution in [0.2, 0.25) is 0 Å². The Kier molecular flexibility index (Phi) is 7.97. The van der Waals surface area contributed by atoms with E-state index in [0.717, 1.165) is 6.42 Å². The molecule has 1 rings (SSSR count). The molecule has 3 N–H and O–H groups in total. The number of halogens is 1. The summed E-state index contributed by atoms with van der Waals surface area (Å²) >= 11 is 0. The minimum atomic E-state index is -3.59. The van der Waals surface area contributed by atoms with Gasteiger partial charge in [-0.05, 0) is 44.9 Å². The topological polar surface area (TPSA) is 82.6 Å². The fourth-order valence-electron chi connectivity index (χ4n) is 1.82. The fraction of sp³-hybridized carbons (Fsp3) is 0.562. The molecule has 0 saturated carbocycles. The number of aryl methyl sites for hydroxylation is 1. The maximum absolute atomic E-state index is 13.5. The number of aliphatic imine (C=N–C) groups is 1. The SMILES string of the molecule is CCNC(=NCCS(=O)(=O)Nc1ccc(C)c(F)c1)NC(C)CC. The van der Waals surface area contributed by atoms with Crippen molar-refractivity contribution in [2.75, 3.05) is 23.6 Å². The van der Waals surface area contributed by atoms with Crippen molar-refractivity contribution >= 4 is 21.7 Å². The Bertz CT molecular complexity index is 662. The lowest BCUT2D eigenvalue weighted by Gasteiger charge is -2.16. The van der Waals surface area contributed by atoms with Gasteiger partial charge in [-0.1, -0.05) is 13.0 Å². The zero-order chi connectivity index (χ0) is 18.2. The summed E-state index contributed by atoms with van der Waals surface area (Å²) in [5.74, 6) is -0.0385. The quantitative estimate of drug-likeness (QED) is 0.492. The average molecular weight is 358 g/mol. The van der Waals surface area contributed by atoms with Crippen molar-refractivity contribution in [2.24, 2.45) is 4.99 Å². The van der Waals surface area contributed by atoms with Gasteiger partial charge in [0.1, 0.15) is 5.82 Å². The Hall–Kier alpha value is -1.83. The molecule has 0 amide bonds. The molecule has 1 aromatic carbocycles. The van der Waals surface area contributed by atoms with Crippen LogP contribution in [0.4, 0.5) is 10.1 Å². The first kappa shape index (κ1) is 20.2. The van der Waals surface area contributed by atoms with Gasteiger partial charge in [0.15, 0.2) is 5.96 Å². The molecule has 0 radical (unpaired) electrons. The molecule has 0 aliphatic rings. The Morgan fingerprint density at radius 3 is 2.62 bits per heavy atom. The molecule has 136 valence electrons. The normalized spacial score (nSPS) is 13.5. The highest BCUT2D eigenvalue weighted by Gasteiger charge is 2.11. The molecule has 1 aromatic rings. The third kappa shape index (κ3) is 7.16. The van der Waals surface area contributed by atoms with Crippen molar-refractivity contribution in [1.82, 2.24) is 10.6 Å². The lowest BCUT2D eigenvalue weighted by molar-refractivity contribution is 0.600. The number of sulfonamides is 1. The van der Waals surface area contributed by atoms with Crippen LogP contribution in [-0.4, -0.2) is 39.3 Å². The fourth-order valence-corrected chi connectivity index (χ4v) is 2.74. The number of rotatable bonds is 8. The van der Waals surface area contributed by atoms with E-state index in [1.807, 2.05) is 13.8 Å². The molecule has 0 aliphatic heterocycles. The molecule has 6 nitrogen and oxygen atoms in total. The van der Waals surface area contributed by atoms with E-state index < -0.39 is 15.8 Å². The summed E-state index contributed by atoms with van der Waals surface area (Å²) in [4.78, 5) is 4.26. The number of nitrogens with zero attached hydrogens (tertiary/aromatic N) is 1. The summed E-state index contributed by atoms with van der Waals surface area (Å²) in [5.41, 5.74) is 0.681. The van der Waals surface area contributed by atoms with Gasteiger partial charge in [0.05, 0.1) is 18.0 Å². The summed E-state index contributed by atoms with van der Waals surface area (Å²) in [6, 6.07) is 4.48. The van der Waals surface area contributed by atoms with Gasteiger partial charge in [0.2, 0.25) is 10.0 Å². The minimum Gasteiger partial charge on any atom is -0.357 e. The van der Waals surface area contributed by atoms with Crippen molar-refractivity contribution in [3.63, 3.8) is 0 Å². The van der Waals surface area contributed by atoms with Crippen LogP contribution in [0.1, 0.15) is 32.8 Å². The van der Waals surface area contributed by atoms with Gasteiger partial charge >= 0.3 is 0 Å². The van der Waals surface area contributed by atoms with Crippen LogP contribution in [0.25, 0.3) is 0 Å². The van der Waals surface area contributed by atoms with Crippen LogP contribution in [0, 0.1) is 12.7 Å². The second-order valence-corrected chi connectivity index (χ2v) is 7.44. The van der Waals surface area contributed by atoms with E-state index in [-0.39, 0.29) is 24.0 Å². The van der Waals surface area contributed by atoms with E-state index in [4.69, 9.17) is 0 Å². The molecule has 0 fully saturated rings. The molecule has 1 unspecified atom stereocenters. The van der Waals surface area contributed by atoms with Gasteiger partial charge in [0, 0.05) is 12.6 Å². The number of hydrogen-bond acceptors (Lipinski definition) is 3. The summed E-state index contributed by atoms with van der Waals surface area (Å²) in [5, 5.41) is 6.26. The number of guanidine groups is 1. The second kappa shape index (κ2) is 9.46. The van der Waals surface area contributed by atoms with E-state index in [0.29, 0.717) is 18.1 Å². The largest absolute Gasteiger partial charge is 0.357 e. The van der Waals surface area contributed by atoms with Gasteiger partial charge in [-0.25, -0.2) is 12.8 Å². The Balaban J connectivity index is 2.65. The van der Waals surface area contributed by atoms with Crippen LogP contribution in [0.3, 0.4) is 0 Å². The van der Waals surface area contributed by atoms with Crippen molar-refractivity contribution in [3.8, 4) is 0 Å². The standard InChI is InChI=1S/C16H27FN4O2S/c1-5-13(4)20-16(18-6-2)19-9-10-24(22,23)21-14-8-7-12(3)15(17)11-14/h7-8,11,13,21H,5-6,9-10H2,1-4H3,(H2,18,19,20). The smallest absolute Gasteiger partial charge is 0.234 e. The number of hydrogen-bond donors (Lipinski definition) is 3. The second-order valence-electron chi connectivity index (χ2n) is 5.60. The van der Waals surface area contributed by atoms with Crippen molar-refractivity contribution in [3.05, 3.63) is 29.6 Å². The molecule has 0 heterocycles. The summed E-state index contributed by atoms with van der Waals surface area (Å²) in [6.45, 7) is 8.44. The molecule has 0 bridgehead atoms.